The summed E-state index contributed by atoms with van der Waals surface area (Å²) in [4.78, 5) is 14.1. The van der Waals surface area contributed by atoms with Gasteiger partial charge in [0.15, 0.2) is 0 Å². The summed E-state index contributed by atoms with van der Waals surface area (Å²) in [6, 6.07) is 5.24. The van der Waals surface area contributed by atoms with Crippen LogP contribution in [0.25, 0.3) is 0 Å². The van der Waals surface area contributed by atoms with Gasteiger partial charge in [-0.3, -0.25) is 4.79 Å². The lowest BCUT2D eigenvalue weighted by Gasteiger charge is -2.32. The van der Waals surface area contributed by atoms with E-state index < -0.39 is 6.36 Å². The third-order valence-corrected chi connectivity index (χ3v) is 4.02. The number of amides is 1. The Bertz CT molecular complexity index is 526. The number of carbonyl (C=O) groups is 1. The van der Waals surface area contributed by atoms with Gasteiger partial charge in [-0.2, -0.15) is 0 Å². The Morgan fingerprint density at radius 3 is 2.65 bits per heavy atom. The summed E-state index contributed by atoms with van der Waals surface area (Å²) in [5.41, 5.74) is 0.223. The van der Waals surface area contributed by atoms with E-state index in [9.17, 15) is 18.0 Å². The van der Waals surface area contributed by atoms with Crippen molar-refractivity contribution in [2.45, 2.75) is 25.6 Å². The molecule has 0 saturated carbocycles. The summed E-state index contributed by atoms with van der Waals surface area (Å²) >= 11 is 0. The molecule has 1 saturated heterocycles. The van der Waals surface area contributed by atoms with E-state index in [2.05, 4.69) is 10.1 Å². The van der Waals surface area contributed by atoms with Crippen LogP contribution in [0.1, 0.15) is 29.6 Å². The SMILES string of the molecule is CNCCC1CCN(C(=O)c2cccc(OC(F)(F)F)c2)CC1. The van der Waals surface area contributed by atoms with Crippen LogP contribution < -0.4 is 10.1 Å². The van der Waals surface area contributed by atoms with Gasteiger partial charge >= 0.3 is 6.36 Å². The zero-order chi connectivity index (χ0) is 16.9. The summed E-state index contributed by atoms with van der Waals surface area (Å²) in [5, 5.41) is 3.11. The Kier molecular flexibility index (Phi) is 5.87. The average molecular weight is 330 g/mol. The molecule has 1 N–H and O–H groups in total. The number of piperidine rings is 1. The van der Waals surface area contributed by atoms with Crippen LogP contribution in [0.15, 0.2) is 24.3 Å². The van der Waals surface area contributed by atoms with Gasteiger partial charge in [0.1, 0.15) is 5.75 Å². The Balaban J connectivity index is 1.95. The van der Waals surface area contributed by atoms with Crippen molar-refractivity contribution in [1.29, 1.82) is 0 Å². The highest BCUT2D eigenvalue weighted by atomic mass is 19.4. The quantitative estimate of drug-likeness (QED) is 0.902. The van der Waals surface area contributed by atoms with E-state index in [1.165, 1.54) is 18.2 Å². The number of rotatable bonds is 5. The molecule has 23 heavy (non-hydrogen) atoms. The fourth-order valence-electron chi connectivity index (χ4n) is 2.78. The average Bonchev–Trinajstić information content (AvgIpc) is 2.51. The largest absolute Gasteiger partial charge is 0.573 e. The van der Waals surface area contributed by atoms with Crippen molar-refractivity contribution in [2.75, 3.05) is 26.7 Å². The van der Waals surface area contributed by atoms with Gasteiger partial charge in [-0.25, -0.2) is 0 Å². The van der Waals surface area contributed by atoms with Gasteiger partial charge in [0.2, 0.25) is 0 Å². The maximum Gasteiger partial charge on any atom is 0.573 e. The van der Waals surface area contributed by atoms with E-state index in [0.29, 0.717) is 19.0 Å². The van der Waals surface area contributed by atoms with Gasteiger partial charge in [0.05, 0.1) is 0 Å². The number of halogens is 3. The van der Waals surface area contributed by atoms with Crippen molar-refractivity contribution in [3.8, 4) is 5.75 Å². The monoisotopic (exact) mass is 330 g/mol. The van der Waals surface area contributed by atoms with Crippen LogP contribution in [0.2, 0.25) is 0 Å². The van der Waals surface area contributed by atoms with Gasteiger partial charge < -0.3 is 15.0 Å². The second kappa shape index (κ2) is 7.68. The normalized spacial score (nSPS) is 16.4. The van der Waals surface area contributed by atoms with Crippen LogP contribution in [0.5, 0.6) is 5.75 Å². The minimum absolute atomic E-state index is 0.223. The minimum Gasteiger partial charge on any atom is -0.406 e. The van der Waals surface area contributed by atoms with Crippen molar-refractivity contribution in [1.82, 2.24) is 10.2 Å². The highest BCUT2D eigenvalue weighted by Crippen LogP contribution is 2.25. The highest BCUT2D eigenvalue weighted by molar-refractivity contribution is 5.94. The molecule has 0 aromatic heterocycles. The van der Waals surface area contributed by atoms with Gasteiger partial charge in [-0.1, -0.05) is 6.07 Å². The Morgan fingerprint density at radius 1 is 1.35 bits per heavy atom. The number of ether oxygens (including phenoxy) is 1. The standard InChI is InChI=1S/C16H21F3N2O2/c1-20-8-5-12-6-9-21(10-7-12)15(22)13-3-2-4-14(11-13)23-16(17,18)19/h2-4,11-12,20H,5-10H2,1H3. The minimum atomic E-state index is -4.76. The molecule has 0 spiro atoms. The summed E-state index contributed by atoms with van der Waals surface area (Å²) in [6.45, 7) is 2.23. The van der Waals surface area contributed by atoms with Crippen LogP contribution >= 0.6 is 0 Å². The predicted octanol–water partition coefficient (Wildman–Crippen LogP) is 3.05. The van der Waals surface area contributed by atoms with Crippen molar-refractivity contribution in [2.24, 2.45) is 5.92 Å². The Morgan fingerprint density at radius 2 is 2.04 bits per heavy atom. The Labute approximate surface area is 133 Å². The number of nitrogens with zero attached hydrogens (tertiary/aromatic N) is 1. The summed E-state index contributed by atoms with van der Waals surface area (Å²) in [7, 11) is 1.91. The fraction of sp³-hybridized carbons (Fsp3) is 0.562. The molecule has 1 amide bonds. The third-order valence-electron chi connectivity index (χ3n) is 4.02. The summed E-state index contributed by atoms with van der Waals surface area (Å²) in [6.07, 6.45) is -1.83. The molecule has 2 rings (SSSR count). The van der Waals surface area contributed by atoms with Crippen molar-refractivity contribution < 1.29 is 22.7 Å². The van der Waals surface area contributed by atoms with Crippen molar-refractivity contribution in [3.63, 3.8) is 0 Å². The molecule has 0 atom stereocenters. The van der Waals surface area contributed by atoms with E-state index in [0.717, 1.165) is 31.9 Å². The first-order valence-electron chi connectivity index (χ1n) is 7.69. The molecule has 1 aromatic carbocycles. The topological polar surface area (TPSA) is 41.6 Å². The lowest BCUT2D eigenvalue weighted by molar-refractivity contribution is -0.274. The molecular formula is C16H21F3N2O2. The predicted molar refractivity (Wildman–Crippen MR) is 80.3 cm³/mol. The van der Waals surface area contributed by atoms with E-state index in [4.69, 9.17) is 0 Å². The van der Waals surface area contributed by atoms with E-state index in [-0.39, 0.29) is 17.2 Å². The van der Waals surface area contributed by atoms with Crippen molar-refractivity contribution >= 4 is 5.91 Å². The molecule has 0 aliphatic carbocycles. The lowest BCUT2D eigenvalue weighted by atomic mass is 9.93. The van der Waals surface area contributed by atoms with E-state index in [1.54, 1.807) is 4.90 Å². The molecule has 1 heterocycles. The molecule has 1 fully saturated rings. The Hall–Kier alpha value is -1.76. The number of likely N-dealkylation sites (tertiary alicyclic amines) is 1. The van der Waals surface area contributed by atoms with E-state index in [1.807, 2.05) is 7.05 Å². The van der Waals surface area contributed by atoms with Crippen molar-refractivity contribution in [3.05, 3.63) is 29.8 Å². The third kappa shape index (κ3) is 5.42. The van der Waals surface area contributed by atoms with Crippen LogP contribution in [0, 0.1) is 5.92 Å². The maximum atomic E-state index is 12.4. The second-order valence-electron chi connectivity index (χ2n) is 5.70. The first-order chi connectivity index (χ1) is 10.9. The molecule has 4 nitrogen and oxygen atoms in total. The first-order valence-corrected chi connectivity index (χ1v) is 7.69. The molecule has 0 radical (unpaired) electrons. The van der Waals surface area contributed by atoms with Crippen LogP contribution in [0.4, 0.5) is 13.2 Å². The number of alkyl halides is 3. The van der Waals surface area contributed by atoms with Gasteiger partial charge in [-0.15, -0.1) is 13.2 Å². The number of benzene rings is 1. The number of nitrogens with one attached hydrogen (secondary N) is 1. The first kappa shape index (κ1) is 17.6. The highest BCUT2D eigenvalue weighted by Gasteiger charge is 2.31. The van der Waals surface area contributed by atoms with Crippen LogP contribution in [-0.4, -0.2) is 43.9 Å². The molecule has 1 aliphatic heterocycles. The van der Waals surface area contributed by atoms with Gasteiger partial charge in [0, 0.05) is 18.7 Å². The van der Waals surface area contributed by atoms with Crippen LogP contribution in [0.3, 0.4) is 0 Å². The zero-order valence-corrected chi connectivity index (χ0v) is 13.0. The molecule has 0 bridgehead atoms. The molecule has 1 aliphatic rings. The van der Waals surface area contributed by atoms with Gasteiger partial charge in [0.25, 0.3) is 5.91 Å². The summed E-state index contributed by atoms with van der Waals surface area (Å²) in [5.74, 6) is -0.0247. The molecule has 1 aromatic rings. The fourth-order valence-corrected chi connectivity index (χ4v) is 2.78. The summed E-state index contributed by atoms with van der Waals surface area (Å²) < 4.78 is 40.6. The number of hydrogen-bond acceptors (Lipinski definition) is 3. The van der Waals surface area contributed by atoms with Gasteiger partial charge in [-0.05, 0) is 57.0 Å². The zero-order valence-electron chi connectivity index (χ0n) is 13.0. The molecule has 0 unspecified atom stereocenters. The smallest absolute Gasteiger partial charge is 0.406 e. The molecular weight excluding hydrogens is 309 g/mol. The maximum absolute atomic E-state index is 12.4. The number of carbonyl (C=O) groups excluding carboxylic acids is 1. The number of hydrogen-bond donors (Lipinski definition) is 1. The molecule has 128 valence electrons. The van der Waals surface area contributed by atoms with E-state index >= 15 is 0 Å². The molecule has 7 heteroatoms. The second-order valence-corrected chi connectivity index (χ2v) is 5.70. The lowest BCUT2D eigenvalue weighted by Crippen LogP contribution is -2.39. The van der Waals surface area contributed by atoms with Crippen LogP contribution in [-0.2, 0) is 0 Å².